The Morgan fingerprint density at radius 2 is 1.95 bits per heavy atom. The van der Waals surface area contributed by atoms with E-state index in [1.807, 2.05) is 43.3 Å². The summed E-state index contributed by atoms with van der Waals surface area (Å²) in [5.41, 5.74) is 2.33. The van der Waals surface area contributed by atoms with Gasteiger partial charge in [0.2, 0.25) is 0 Å². The van der Waals surface area contributed by atoms with Gasteiger partial charge in [-0.05, 0) is 30.3 Å². The van der Waals surface area contributed by atoms with Crippen LogP contribution in [0, 0.1) is 10.1 Å². The first kappa shape index (κ1) is 14.3. The van der Waals surface area contributed by atoms with Gasteiger partial charge in [0, 0.05) is 36.0 Å². The monoisotopic (exact) mass is 335 g/mol. The lowest BCUT2D eigenvalue weighted by Crippen LogP contribution is -2.08. The van der Waals surface area contributed by atoms with E-state index in [1.165, 1.54) is 6.07 Å². The number of hydrogen-bond donors (Lipinski definition) is 1. The van der Waals surface area contributed by atoms with Gasteiger partial charge in [-0.25, -0.2) is 0 Å². The third-order valence-corrected chi connectivity index (χ3v) is 3.29. The largest absolute Gasteiger partial charge is 0.378 e. The number of anilines is 3. The molecule has 0 aliphatic heterocycles. The minimum atomic E-state index is -0.400. The van der Waals surface area contributed by atoms with Crippen LogP contribution in [-0.4, -0.2) is 19.0 Å². The highest BCUT2D eigenvalue weighted by atomic mass is 79.9. The number of rotatable bonds is 4. The molecule has 0 atom stereocenters. The van der Waals surface area contributed by atoms with Crippen molar-refractivity contribution in [1.82, 2.24) is 0 Å². The average molecular weight is 336 g/mol. The first-order chi connectivity index (χ1) is 9.47. The van der Waals surface area contributed by atoms with Crippen LogP contribution in [0.15, 0.2) is 46.9 Å². The van der Waals surface area contributed by atoms with Gasteiger partial charge in [-0.3, -0.25) is 10.1 Å². The van der Waals surface area contributed by atoms with Crippen LogP contribution < -0.4 is 10.2 Å². The van der Waals surface area contributed by atoms with Gasteiger partial charge in [-0.15, -0.1) is 0 Å². The Hall–Kier alpha value is -2.08. The van der Waals surface area contributed by atoms with E-state index in [0.29, 0.717) is 10.2 Å². The van der Waals surface area contributed by atoms with Crippen molar-refractivity contribution in [2.75, 3.05) is 24.3 Å². The van der Waals surface area contributed by atoms with Gasteiger partial charge in [0.1, 0.15) is 5.69 Å². The Balaban J connectivity index is 2.35. The summed E-state index contributed by atoms with van der Waals surface area (Å²) in [6, 6.07) is 12.6. The highest BCUT2D eigenvalue weighted by Crippen LogP contribution is 2.31. The lowest BCUT2D eigenvalue weighted by molar-refractivity contribution is -0.384. The lowest BCUT2D eigenvalue weighted by Gasteiger charge is -2.14. The molecule has 2 aromatic rings. The SMILES string of the molecule is CN(C)c1cccc(Nc2ccc(Br)cc2[N+](=O)[O-])c1. The van der Waals surface area contributed by atoms with E-state index < -0.39 is 4.92 Å². The van der Waals surface area contributed by atoms with Crippen molar-refractivity contribution >= 4 is 38.7 Å². The van der Waals surface area contributed by atoms with Crippen LogP contribution in [0.3, 0.4) is 0 Å². The Morgan fingerprint density at radius 3 is 2.60 bits per heavy atom. The molecule has 0 unspecified atom stereocenters. The van der Waals surface area contributed by atoms with Crippen molar-refractivity contribution in [2.45, 2.75) is 0 Å². The van der Waals surface area contributed by atoms with Gasteiger partial charge in [-0.2, -0.15) is 0 Å². The van der Waals surface area contributed by atoms with Crippen LogP contribution in [0.5, 0.6) is 0 Å². The number of nitrogens with zero attached hydrogens (tertiary/aromatic N) is 2. The highest BCUT2D eigenvalue weighted by Gasteiger charge is 2.14. The first-order valence-corrected chi connectivity index (χ1v) is 6.75. The Bertz CT molecular complexity index is 644. The highest BCUT2D eigenvalue weighted by molar-refractivity contribution is 9.10. The molecule has 0 fully saturated rings. The molecule has 0 aromatic heterocycles. The van der Waals surface area contributed by atoms with Gasteiger partial charge in [0.15, 0.2) is 0 Å². The zero-order valence-electron chi connectivity index (χ0n) is 11.1. The molecule has 0 amide bonds. The maximum atomic E-state index is 11.1. The first-order valence-electron chi connectivity index (χ1n) is 5.96. The van der Waals surface area contributed by atoms with Crippen molar-refractivity contribution in [3.05, 3.63) is 57.1 Å². The predicted molar refractivity (Wildman–Crippen MR) is 84.8 cm³/mol. The summed E-state index contributed by atoms with van der Waals surface area (Å²) in [7, 11) is 3.89. The Morgan fingerprint density at radius 1 is 1.20 bits per heavy atom. The third kappa shape index (κ3) is 3.27. The maximum Gasteiger partial charge on any atom is 0.293 e. The van der Waals surface area contributed by atoms with Crippen LogP contribution >= 0.6 is 15.9 Å². The van der Waals surface area contributed by atoms with Crippen molar-refractivity contribution in [2.24, 2.45) is 0 Å². The smallest absolute Gasteiger partial charge is 0.293 e. The van der Waals surface area contributed by atoms with Crippen molar-refractivity contribution < 1.29 is 4.92 Å². The summed E-state index contributed by atoms with van der Waals surface area (Å²) in [5, 5.41) is 14.2. The second-order valence-corrected chi connectivity index (χ2v) is 5.40. The molecule has 6 heteroatoms. The summed E-state index contributed by atoms with van der Waals surface area (Å²) in [6.45, 7) is 0. The molecule has 0 spiro atoms. The molecule has 20 heavy (non-hydrogen) atoms. The van der Waals surface area contributed by atoms with Gasteiger partial charge < -0.3 is 10.2 Å². The normalized spacial score (nSPS) is 10.2. The molecule has 0 aliphatic rings. The van der Waals surface area contributed by atoms with E-state index in [2.05, 4.69) is 21.2 Å². The number of hydrogen-bond acceptors (Lipinski definition) is 4. The minimum Gasteiger partial charge on any atom is -0.378 e. The topological polar surface area (TPSA) is 58.4 Å². The summed E-state index contributed by atoms with van der Waals surface area (Å²) < 4.78 is 0.678. The molecular formula is C14H14BrN3O2. The molecule has 0 aliphatic carbocycles. The molecular weight excluding hydrogens is 322 g/mol. The van der Waals surface area contributed by atoms with Crippen LogP contribution in [0.1, 0.15) is 0 Å². The predicted octanol–water partition coefficient (Wildman–Crippen LogP) is 4.17. The second kappa shape index (κ2) is 5.92. The van der Waals surface area contributed by atoms with Crippen LogP contribution in [0.2, 0.25) is 0 Å². The van der Waals surface area contributed by atoms with Crippen LogP contribution in [0.4, 0.5) is 22.7 Å². The fourth-order valence-electron chi connectivity index (χ4n) is 1.78. The molecule has 104 valence electrons. The number of nitrogens with one attached hydrogen (secondary N) is 1. The fourth-order valence-corrected chi connectivity index (χ4v) is 2.13. The zero-order chi connectivity index (χ0) is 14.7. The number of halogens is 1. The van der Waals surface area contributed by atoms with E-state index in [0.717, 1.165) is 11.4 Å². The van der Waals surface area contributed by atoms with Crippen molar-refractivity contribution in [1.29, 1.82) is 0 Å². The average Bonchev–Trinajstić information content (AvgIpc) is 2.41. The van der Waals surface area contributed by atoms with Gasteiger partial charge >= 0.3 is 0 Å². The summed E-state index contributed by atoms with van der Waals surface area (Å²) in [4.78, 5) is 12.6. The standard InChI is InChI=1S/C14H14BrN3O2/c1-17(2)12-5-3-4-11(9-12)16-13-7-6-10(15)8-14(13)18(19)20/h3-9,16H,1-2H3. The number of nitro benzene ring substituents is 1. The molecule has 0 radical (unpaired) electrons. The Labute approximate surface area is 125 Å². The summed E-state index contributed by atoms with van der Waals surface area (Å²) in [6.07, 6.45) is 0. The Kier molecular flexibility index (Phi) is 4.24. The number of nitro groups is 1. The molecule has 0 saturated carbocycles. The zero-order valence-corrected chi connectivity index (χ0v) is 12.7. The van der Waals surface area contributed by atoms with E-state index in [1.54, 1.807) is 12.1 Å². The van der Waals surface area contributed by atoms with Gasteiger partial charge in [0.05, 0.1) is 4.92 Å². The summed E-state index contributed by atoms with van der Waals surface area (Å²) >= 11 is 3.24. The van der Waals surface area contributed by atoms with E-state index in [-0.39, 0.29) is 5.69 Å². The van der Waals surface area contributed by atoms with Crippen molar-refractivity contribution in [3.63, 3.8) is 0 Å². The van der Waals surface area contributed by atoms with Gasteiger partial charge in [0.25, 0.3) is 5.69 Å². The minimum absolute atomic E-state index is 0.0367. The van der Waals surface area contributed by atoms with E-state index in [9.17, 15) is 10.1 Å². The van der Waals surface area contributed by atoms with Crippen molar-refractivity contribution in [3.8, 4) is 0 Å². The molecule has 0 heterocycles. The molecule has 2 rings (SSSR count). The van der Waals surface area contributed by atoms with Crippen LogP contribution in [-0.2, 0) is 0 Å². The van der Waals surface area contributed by atoms with E-state index in [4.69, 9.17) is 0 Å². The molecule has 2 aromatic carbocycles. The molecule has 1 N–H and O–H groups in total. The third-order valence-electron chi connectivity index (χ3n) is 2.80. The molecule has 0 bridgehead atoms. The van der Waals surface area contributed by atoms with E-state index >= 15 is 0 Å². The lowest BCUT2D eigenvalue weighted by atomic mass is 10.2. The second-order valence-electron chi connectivity index (χ2n) is 4.49. The summed E-state index contributed by atoms with van der Waals surface area (Å²) in [5.74, 6) is 0. The fraction of sp³-hybridized carbons (Fsp3) is 0.143. The molecule has 0 saturated heterocycles. The maximum absolute atomic E-state index is 11.1. The van der Waals surface area contributed by atoms with Gasteiger partial charge in [-0.1, -0.05) is 22.0 Å². The number of benzene rings is 2. The molecule has 5 nitrogen and oxygen atoms in total. The van der Waals surface area contributed by atoms with Crippen LogP contribution in [0.25, 0.3) is 0 Å². The quantitative estimate of drug-likeness (QED) is 0.673.